The summed E-state index contributed by atoms with van der Waals surface area (Å²) in [5.41, 5.74) is 1.57. The minimum absolute atomic E-state index is 0. The van der Waals surface area contributed by atoms with Gasteiger partial charge in [-0.25, -0.2) is 0 Å². The third-order valence-corrected chi connectivity index (χ3v) is 35.4. The van der Waals surface area contributed by atoms with Crippen LogP contribution >= 0.6 is 0 Å². The van der Waals surface area contributed by atoms with Crippen molar-refractivity contribution < 1.29 is 45.4 Å². The van der Waals surface area contributed by atoms with Crippen LogP contribution in [-0.4, -0.2) is 5.98 Å². The molecule has 0 N–H and O–H groups in total. The number of hydrogen-bond acceptors (Lipinski definition) is 0. The minimum Gasteiger partial charge on any atom is -1.00 e. The molecule has 0 spiro atoms. The van der Waals surface area contributed by atoms with Crippen LogP contribution in [0.2, 0.25) is 0 Å². The van der Waals surface area contributed by atoms with Crippen molar-refractivity contribution >= 4 is 16.4 Å². The smallest absolute Gasteiger partial charge is 1.00 e. The van der Waals surface area contributed by atoms with E-state index in [-0.39, 0.29) is 24.8 Å². The predicted octanol–water partition coefficient (Wildman–Crippen LogP) is -1.77. The van der Waals surface area contributed by atoms with Gasteiger partial charge in [-0.2, -0.15) is 0 Å². The first-order valence-electron chi connectivity index (χ1n) is 9.04. The zero-order valence-electron chi connectivity index (χ0n) is 15.4. The molecule has 2 aliphatic carbocycles. The van der Waals surface area contributed by atoms with E-state index in [0.29, 0.717) is 0 Å². The van der Waals surface area contributed by atoms with E-state index < -0.39 is 26.6 Å². The summed E-state index contributed by atoms with van der Waals surface area (Å²) in [5.74, 6) is -1.20. The SMILES string of the molecule is CC1=[C]([Hf+2]([C]2=CC=CC2)[SiH](c2ccccc2)c2ccccc2)CC=C1.[Cl-].[Cl-]. The van der Waals surface area contributed by atoms with Crippen LogP contribution in [-0.2, 0) is 20.6 Å². The summed E-state index contributed by atoms with van der Waals surface area (Å²) in [4.78, 5) is 0. The molecule has 0 aliphatic heterocycles. The molecule has 0 aromatic heterocycles. The molecule has 2 aromatic carbocycles. The average Bonchev–Trinajstić information content (AvgIpc) is 3.33. The molecule has 0 amide bonds. The Bertz CT molecular complexity index is 830. The topological polar surface area (TPSA) is 0 Å². The summed E-state index contributed by atoms with van der Waals surface area (Å²) >= 11 is -2.16. The van der Waals surface area contributed by atoms with E-state index in [4.69, 9.17) is 0 Å². The third kappa shape index (κ3) is 4.92. The monoisotopic (exact) mass is 577 g/mol. The van der Waals surface area contributed by atoms with Gasteiger partial charge >= 0.3 is 160 Å². The van der Waals surface area contributed by atoms with Crippen LogP contribution in [0.5, 0.6) is 0 Å². The number of benzene rings is 2. The molecule has 2 aromatic rings. The second-order valence-electron chi connectivity index (χ2n) is 6.76. The standard InChI is InChI=1S/C12H11Si.C6H7.C5H5.2ClH.Hf/c1-3-7-11(8-4-1)13-12-9-5-2-6-10-12;1-6-4-2-3-5-6;1-2-4-5-3-1;;;/h1-10,13H;2,4H,3H2,1H3;1-3H,4H2;2*1H;/q;;;;;+2/p-2. The molecule has 0 unspecified atom stereocenters. The molecule has 0 nitrogen and oxygen atoms in total. The first-order valence-corrected chi connectivity index (χ1v) is 20.6. The molecule has 0 heterocycles. The van der Waals surface area contributed by atoms with Gasteiger partial charge in [-0.1, -0.05) is 0 Å². The fourth-order valence-corrected chi connectivity index (χ4v) is 37.2. The second kappa shape index (κ2) is 10.6. The molecule has 27 heavy (non-hydrogen) atoms. The maximum Gasteiger partial charge on any atom is -1.00 e. The van der Waals surface area contributed by atoms with Crippen LogP contribution in [0.4, 0.5) is 0 Å². The van der Waals surface area contributed by atoms with Gasteiger partial charge in [0.2, 0.25) is 0 Å². The summed E-state index contributed by atoms with van der Waals surface area (Å²) in [6.45, 7) is 2.34. The van der Waals surface area contributed by atoms with Crippen molar-refractivity contribution in [1.82, 2.24) is 0 Å². The van der Waals surface area contributed by atoms with Gasteiger partial charge in [0.25, 0.3) is 0 Å². The summed E-state index contributed by atoms with van der Waals surface area (Å²) in [5, 5.41) is 3.27. The first kappa shape index (κ1) is 22.4. The maximum absolute atomic E-state index is 2.46. The molecular weight excluding hydrogens is 554 g/mol. The van der Waals surface area contributed by atoms with Crippen molar-refractivity contribution in [1.29, 1.82) is 0 Å². The minimum atomic E-state index is -2.16. The first-order chi connectivity index (χ1) is 12.3. The Hall–Kier alpha value is -0.933. The molecule has 0 radical (unpaired) electrons. The van der Waals surface area contributed by atoms with E-state index in [2.05, 4.69) is 98.0 Å². The van der Waals surface area contributed by atoms with Crippen molar-refractivity contribution in [2.45, 2.75) is 19.8 Å². The fourth-order valence-electron chi connectivity index (χ4n) is 3.95. The molecule has 0 bridgehead atoms. The molecule has 0 fully saturated rings. The van der Waals surface area contributed by atoms with E-state index >= 15 is 0 Å². The van der Waals surface area contributed by atoms with E-state index in [1.165, 1.54) is 12.8 Å². The van der Waals surface area contributed by atoms with Crippen molar-refractivity contribution in [3.63, 3.8) is 0 Å². The molecular formula is C23H23Cl2HfSi. The Kier molecular flexibility index (Phi) is 8.75. The van der Waals surface area contributed by atoms with Gasteiger partial charge in [0.05, 0.1) is 0 Å². The normalized spacial score (nSPS) is 14.8. The van der Waals surface area contributed by atoms with Gasteiger partial charge < -0.3 is 24.8 Å². The second-order valence-corrected chi connectivity index (χ2v) is 27.4. The molecule has 137 valence electrons. The molecule has 4 heteroatoms. The van der Waals surface area contributed by atoms with Crippen molar-refractivity contribution in [2.75, 3.05) is 0 Å². The van der Waals surface area contributed by atoms with Crippen LogP contribution in [0.25, 0.3) is 0 Å². The van der Waals surface area contributed by atoms with Crippen LogP contribution in [0, 0.1) is 0 Å². The number of hydrogen-bond donors (Lipinski definition) is 0. The van der Waals surface area contributed by atoms with Gasteiger partial charge in [0.15, 0.2) is 0 Å². The summed E-state index contributed by atoms with van der Waals surface area (Å²) in [6.07, 6.45) is 14.3. The number of rotatable bonds is 5. The van der Waals surface area contributed by atoms with Crippen LogP contribution < -0.4 is 35.2 Å². The van der Waals surface area contributed by atoms with Gasteiger partial charge in [0, 0.05) is 0 Å². The van der Waals surface area contributed by atoms with Crippen molar-refractivity contribution in [3.8, 4) is 0 Å². The van der Waals surface area contributed by atoms with Crippen molar-refractivity contribution in [3.05, 3.63) is 103 Å². The van der Waals surface area contributed by atoms with Crippen LogP contribution in [0.1, 0.15) is 19.8 Å². The number of allylic oxidation sites excluding steroid dienone is 8. The predicted molar refractivity (Wildman–Crippen MR) is 108 cm³/mol. The Balaban J connectivity index is 0.00000131. The van der Waals surface area contributed by atoms with E-state index in [1.54, 1.807) is 15.9 Å². The van der Waals surface area contributed by atoms with E-state index in [0.717, 1.165) is 0 Å². The van der Waals surface area contributed by atoms with E-state index in [9.17, 15) is 0 Å². The van der Waals surface area contributed by atoms with Gasteiger partial charge in [0.1, 0.15) is 0 Å². The average molecular weight is 577 g/mol. The third-order valence-electron chi connectivity index (χ3n) is 5.16. The largest absolute Gasteiger partial charge is 1.00 e. The molecule has 0 saturated heterocycles. The van der Waals surface area contributed by atoms with Crippen LogP contribution in [0.15, 0.2) is 103 Å². The summed E-state index contributed by atoms with van der Waals surface area (Å²) in [7, 11) is 0. The van der Waals surface area contributed by atoms with E-state index in [1.807, 2.05) is 6.66 Å². The zero-order valence-corrected chi connectivity index (χ0v) is 21.7. The fraction of sp³-hybridized carbons (Fsp3) is 0.130. The van der Waals surface area contributed by atoms with Crippen LogP contribution in [0.3, 0.4) is 0 Å². The molecule has 0 saturated carbocycles. The Morgan fingerprint density at radius 3 is 1.81 bits per heavy atom. The van der Waals surface area contributed by atoms with Gasteiger partial charge in [-0.05, 0) is 0 Å². The maximum atomic E-state index is 2.46. The molecule has 2 aliphatic rings. The molecule has 4 rings (SSSR count). The quantitative estimate of drug-likeness (QED) is 0.370. The van der Waals surface area contributed by atoms with Gasteiger partial charge in [-0.15, -0.1) is 0 Å². The van der Waals surface area contributed by atoms with Gasteiger partial charge in [-0.3, -0.25) is 0 Å². The Labute approximate surface area is 183 Å². The summed E-state index contributed by atoms with van der Waals surface area (Å²) < 4.78 is 3.66. The van der Waals surface area contributed by atoms with Crippen molar-refractivity contribution in [2.24, 2.45) is 0 Å². The zero-order chi connectivity index (χ0) is 17.1. The molecule has 0 atom stereocenters. The number of halogens is 2. The Morgan fingerprint density at radius 1 is 0.778 bits per heavy atom. The summed E-state index contributed by atoms with van der Waals surface area (Å²) in [6, 6.07) is 22.8. The Morgan fingerprint density at radius 2 is 1.37 bits per heavy atom.